The number of carbonyl (C=O) groups excluding carboxylic acids is 2. The second kappa shape index (κ2) is 27.2. The summed E-state index contributed by atoms with van der Waals surface area (Å²) in [6.45, 7) is 4.05. The second-order valence-electron chi connectivity index (χ2n) is 9.83. The van der Waals surface area contributed by atoms with Gasteiger partial charge in [0.1, 0.15) is 6.61 Å². The molecule has 0 unspecified atom stereocenters. The third-order valence-electron chi connectivity index (χ3n) is 6.31. The number of hydrogen-bond acceptors (Lipinski definition) is 5. The average molecular weight is 497 g/mol. The normalized spacial score (nSPS) is 12.2. The lowest BCUT2D eigenvalue weighted by Gasteiger charge is -2.15. The van der Waals surface area contributed by atoms with Crippen molar-refractivity contribution in [2.45, 2.75) is 155 Å². The highest BCUT2D eigenvalue weighted by Gasteiger charge is 2.16. The number of aliphatic hydroxyl groups is 1. The predicted molar refractivity (Wildman–Crippen MR) is 145 cm³/mol. The first-order chi connectivity index (χ1) is 17.1. The molecule has 0 aliphatic carbocycles. The van der Waals surface area contributed by atoms with Crippen molar-refractivity contribution in [3.8, 4) is 0 Å². The van der Waals surface area contributed by atoms with Gasteiger partial charge in [0.25, 0.3) is 0 Å². The Morgan fingerprint density at radius 1 is 0.629 bits per heavy atom. The van der Waals surface area contributed by atoms with Crippen molar-refractivity contribution in [2.75, 3.05) is 13.2 Å². The van der Waals surface area contributed by atoms with E-state index in [1.54, 1.807) is 0 Å². The van der Waals surface area contributed by atoms with Crippen molar-refractivity contribution >= 4 is 11.9 Å². The van der Waals surface area contributed by atoms with Crippen molar-refractivity contribution in [2.24, 2.45) is 0 Å². The Labute approximate surface area is 216 Å². The molecular weight excluding hydrogens is 440 g/mol. The van der Waals surface area contributed by atoms with E-state index in [1.165, 1.54) is 77.0 Å². The summed E-state index contributed by atoms with van der Waals surface area (Å²) in [7, 11) is 0. The Kier molecular flexibility index (Phi) is 26.2. The molecule has 0 spiro atoms. The van der Waals surface area contributed by atoms with Crippen molar-refractivity contribution in [3.05, 3.63) is 12.2 Å². The maximum absolute atomic E-state index is 12.0. The first kappa shape index (κ1) is 33.6. The minimum Gasteiger partial charge on any atom is -0.462 e. The summed E-state index contributed by atoms with van der Waals surface area (Å²) in [5, 5.41) is 9.44. The molecule has 0 rings (SSSR count). The van der Waals surface area contributed by atoms with Crippen LogP contribution in [0.3, 0.4) is 0 Å². The van der Waals surface area contributed by atoms with Gasteiger partial charge >= 0.3 is 11.9 Å². The molecule has 0 bridgehead atoms. The van der Waals surface area contributed by atoms with Crippen LogP contribution in [0.5, 0.6) is 0 Å². The monoisotopic (exact) mass is 496 g/mol. The van der Waals surface area contributed by atoms with Gasteiger partial charge in [-0.05, 0) is 32.1 Å². The van der Waals surface area contributed by atoms with E-state index in [0.29, 0.717) is 12.8 Å². The summed E-state index contributed by atoms with van der Waals surface area (Å²) in [6.07, 6.45) is 26.9. The van der Waals surface area contributed by atoms with Crippen LogP contribution in [0.2, 0.25) is 0 Å². The Hall–Kier alpha value is -1.36. The van der Waals surface area contributed by atoms with Crippen LogP contribution in [0.15, 0.2) is 12.2 Å². The number of rotatable bonds is 26. The number of allylic oxidation sites excluding steroid dienone is 2. The number of ether oxygens (including phenoxy) is 2. The van der Waals surface area contributed by atoms with Gasteiger partial charge in [-0.15, -0.1) is 0 Å². The van der Waals surface area contributed by atoms with Crippen molar-refractivity contribution in [1.29, 1.82) is 0 Å². The Bertz CT molecular complexity index is 503. The zero-order valence-electron chi connectivity index (χ0n) is 23.1. The number of unbranched alkanes of at least 4 members (excludes halogenated alkanes) is 16. The third-order valence-corrected chi connectivity index (χ3v) is 6.31. The first-order valence-corrected chi connectivity index (χ1v) is 14.7. The lowest BCUT2D eigenvalue weighted by Crippen LogP contribution is -2.28. The lowest BCUT2D eigenvalue weighted by atomic mass is 10.1. The van der Waals surface area contributed by atoms with Gasteiger partial charge in [0.2, 0.25) is 0 Å². The average Bonchev–Trinajstić information content (AvgIpc) is 2.86. The number of hydrogen-bond donors (Lipinski definition) is 1. The Morgan fingerprint density at radius 2 is 1.09 bits per heavy atom. The van der Waals surface area contributed by atoms with Crippen LogP contribution in [0.4, 0.5) is 0 Å². The molecule has 0 aromatic heterocycles. The Balaban J connectivity index is 3.61. The molecule has 1 atom stereocenters. The van der Waals surface area contributed by atoms with Gasteiger partial charge in [-0.1, -0.05) is 116 Å². The van der Waals surface area contributed by atoms with Crippen LogP contribution in [-0.2, 0) is 19.1 Å². The fourth-order valence-corrected chi connectivity index (χ4v) is 4.00. The molecule has 1 N–H and O–H groups in total. The second-order valence-corrected chi connectivity index (χ2v) is 9.83. The predicted octanol–water partition coefficient (Wildman–Crippen LogP) is 8.22. The van der Waals surface area contributed by atoms with Crippen LogP contribution in [-0.4, -0.2) is 36.4 Å². The topological polar surface area (TPSA) is 72.8 Å². The number of carbonyl (C=O) groups is 2. The van der Waals surface area contributed by atoms with Crippen molar-refractivity contribution in [3.63, 3.8) is 0 Å². The standard InChI is InChI=1S/C30H56O5/c1-3-5-7-9-11-13-15-17-18-20-22-24-29(32)34-27-28(26-31)35-30(33)25-23-21-19-16-14-12-10-8-6-4-2/h9,11,28,31H,3-8,10,12-27H2,1-2H3/b11-9+/t28-/m0/s1. The van der Waals surface area contributed by atoms with E-state index in [1.807, 2.05) is 0 Å². The molecule has 0 amide bonds. The number of aliphatic hydroxyl groups excluding tert-OH is 1. The van der Waals surface area contributed by atoms with E-state index in [0.717, 1.165) is 44.9 Å². The van der Waals surface area contributed by atoms with Gasteiger partial charge in [-0.25, -0.2) is 0 Å². The highest BCUT2D eigenvalue weighted by molar-refractivity contribution is 5.70. The van der Waals surface area contributed by atoms with Crippen LogP contribution in [0, 0.1) is 0 Å². The number of esters is 2. The summed E-state index contributed by atoms with van der Waals surface area (Å²) in [5.41, 5.74) is 0. The minimum atomic E-state index is -0.764. The summed E-state index contributed by atoms with van der Waals surface area (Å²) in [6, 6.07) is 0. The molecule has 0 heterocycles. The van der Waals surface area contributed by atoms with Crippen LogP contribution in [0.1, 0.15) is 149 Å². The third kappa shape index (κ3) is 25.5. The molecule has 0 fully saturated rings. The van der Waals surface area contributed by atoms with Gasteiger partial charge in [0, 0.05) is 12.8 Å². The molecule has 0 aromatic carbocycles. The van der Waals surface area contributed by atoms with Crippen LogP contribution < -0.4 is 0 Å². The molecule has 5 heteroatoms. The maximum atomic E-state index is 12.0. The maximum Gasteiger partial charge on any atom is 0.306 e. The van der Waals surface area contributed by atoms with Gasteiger partial charge in [-0.3, -0.25) is 9.59 Å². The largest absolute Gasteiger partial charge is 0.462 e. The highest BCUT2D eigenvalue weighted by Crippen LogP contribution is 2.12. The van der Waals surface area contributed by atoms with Crippen molar-refractivity contribution < 1.29 is 24.2 Å². The van der Waals surface area contributed by atoms with E-state index in [9.17, 15) is 14.7 Å². The molecule has 0 aliphatic rings. The van der Waals surface area contributed by atoms with E-state index in [4.69, 9.17) is 9.47 Å². The summed E-state index contributed by atoms with van der Waals surface area (Å²) in [5.74, 6) is -0.604. The first-order valence-electron chi connectivity index (χ1n) is 14.7. The van der Waals surface area contributed by atoms with Gasteiger partial charge in [0.15, 0.2) is 6.10 Å². The zero-order chi connectivity index (χ0) is 25.8. The SMILES string of the molecule is CCCC/C=C/CCCCCCCC(=O)OC[C@H](CO)OC(=O)CCCCCCCCCCCC. The quantitative estimate of drug-likeness (QED) is 0.0741. The molecule has 0 aromatic rings. The molecular formula is C30H56O5. The Morgan fingerprint density at radius 3 is 1.63 bits per heavy atom. The van der Waals surface area contributed by atoms with Gasteiger partial charge in [-0.2, -0.15) is 0 Å². The zero-order valence-corrected chi connectivity index (χ0v) is 23.1. The molecule has 0 saturated carbocycles. The minimum absolute atomic E-state index is 0.0660. The molecule has 206 valence electrons. The highest BCUT2D eigenvalue weighted by atomic mass is 16.6. The van der Waals surface area contributed by atoms with Crippen LogP contribution in [0.25, 0.3) is 0 Å². The van der Waals surface area contributed by atoms with Crippen LogP contribution >= 0.6 is 0 Å². The molecule has 35 heavy (non-hydrogen) atoms. The summed E-state index contributed by atoms with van der Waals surface area (Å²) < 4.78 is 10.5. The molecule has 0 radical (unpaired) electrons. The van der Waals surface area contributed by atoms with Gasteiger partial charge in [0.05, 0.1) is 6.61 Å². The van der Waals surface area contributed by atoms with E-state index in [-0.39, 0.29) is 25.2 Å². The summed E-state index contributed by atoms with van der Waals surface area (Å²) >= 11 is 0. The fraction of sp³-hybridized carbons (Fsp3) is 0.867. The molecule has 0 aliphatic heterocycles. The molecule has 0 saturated heterocycles. The molecule has 5 nitrogen and oxygen atoms in total. The lowest BCUT2D eigenvalue weighted by molar-refractivity contribution is -0.161. The van der Waals surface area contributed by atoms with E-state index in [2.05, 4.69) is 26.0 Å². The van der Waals surface area contributed by atoms with E-state index >= 15 is 0 Å². The van der Waals surface area contributed by atoms with Gasteiger partial charge < -0.3 is 14.6 Å². The van der Waals surface area contributed by atoms with E-state index < -0.39 is 6.10 Å². The fourth-order valence-electron chi connectivity index (χ4n) is 4.00. The smallest absolute Gasteiger partial charge is 0.306 e. The van der Waals surface area contributed by atoms with Crippen molar-refractivity contribution in [1.82, 2.24) is 0 Å². The summed E-state index contributed by atoms with van der Waals surface area (Å²) in [4.78, 5) is 23.9.